The SMILES string of the molecule is [CH2]CCC(C)N. The van der Waals surface area contributed by atoms with Crippen LogP contribution in [0.4, 0.5) is 0 Å². The second-order valence-electron chi connectivity index (χ2n) is 1.62. The minimum Gasteiger partial charge on any atom is -0.328 e. The molecule has 0 aliphatic rings. The molecule has 2 N–H and O–H groups in total. The molecule has 6 heavy (non-hydrogen) atoms. The highest BCUT2D eigenvalue weighted by Crippen LogP contribution is 1.87. The normalized spacial score (nSPS) is 14.5. The largest absolute Gasteiger partial charge is 0.328 e. The third kappa shape index (κ3) is 3.96. The maximum Gasteiger partial charge on any atom is 0.00104 e. The average Bonchev–Trinajstić information content (AvgIpc) is 1.35. The van der Waals surface area contributed by atoms with Gasteiger partial charge in [-0.25, -0.2) is 0 Å². The Morgan fingerprint density at radius 3 is 2.33 bits per heavy atom. The van der Waals surface area contributed by atoms with Crippen LogP contribution in [0.1, 0.15) is 19.8 Å². The molecule has 0 fully saturated rings. The van der Waals surface area contributed by atoms with E-state index in [-0.39, 0.29) is 0 Å². The molecule has 1 unspecified atom stereocenters. The van der Waals surface area contributed by atoms with Gasteiger partial charge in [-0.1, -0.05) is 13.3 Å². The maximum absolute atomic E-state index is 5.36. The van der Waals surface area contributed by atoms with Crippen molar-refractivity contribution in [2.45, 2.75) is 25.8 Å². The van der Waals surface area contributed by atoms with Gasteiger partial charge < -0.3 is 5.73 Å². The highest BCUT2D eigenvalue weighted by atomic mass is 14.6. The van der Waals surface area contributed by atoms with Crippen LogP contribution in [0.25, 0.3) is 0 Å². The van der Waals surface area contributed by atoms with E-state index in [1.54, 1.807) is 0 Å². The van der Waals surface area contributed by atoms with Crippen LogP contribution >= 0.6 is 0 Å². The van der Waals surface area contributed by atoms with Gasteiger partial charge in [0.2, 0.25) is 0 Å². The Kier molecular flexibility index (Phi) is 3.14. The zero-order chi connectivity index (χ0) is 4.99. The van der Waals surface area contributed by atoms with E-state index >= 15 is 0 Å². The van der Waals surface area contributed by atoms with E-state index in [2.05, 4.69) is 6.92 Å². The zero-order valence-corrected chi connectivity index (χ0v) is 4.28. The molecule has 0 aliphatic heterocycles. The number of hydrogen-bond donors (Lipinski definition) is 1. The van der Waals surface area contributed by atoms with Crippen molar-refractivity contribution in [3.8, 4) is 0 Å². The first-order chi connectivity index (χ1) is 2.77. The molecule has 0 aromatic heterocycles. The smallest absolute Gasteiger partial charge is 0.00104 e. The molecule has 1 atom stereocenters. The van der Waals surface area contributed by atoms with Crippen molar-refractivity contribution in [1.82, 2.24) is 0 Å². The van der Waals surface area contributed by atoms with E-state index < -0.39 is 0 Å². The first-order valence-electron chi connectivity index (χ1n) is 2.32. The summed E-state index contributed by atoms with van der Waals surface area (Å²) in [6, 6.07) is 0.336. The van der Waals surface area contributed by atoms with Gasteiger partial charge in [-0.15, -0.1) is 0 Å². The van der Waals surface area contributed by atoms with Gasteiger partial charge in [0.15, 0.2) is 0 Å². The zero-order valence-electron chi connectivity index (χ0n) is 4.28. The number of hydrogen-bond acceptors (Lipinski definition) is 1. The topological polar surface area (TPSA) is 26.0 Å². The molecule has 0 aromatic carbocycles. The van der Waals surface area contributed by atoms with Crippen LogP contribution in [-0.4, -0.2) is 6.04 Å². The molecule has 0 aliphatic carbocycles. The Morgan fingerprint density at radius 2 is 2.33 bits per heavy atom. The molecule has 0 amide bonds. The summed E-state index contributed by atoms with van der Waals surface area (Å²) in [6.45, 7) is 5.64. The second kappa shape index (κ2) is 3.16. The molecule has 0 spiro atoms. The quantitative estimate of drug-likeness (QED) is 0.532. The lowest BCUT2D eigenvalue weighted by atomic mass is 10.2. The van der Waals surface area contributed by atoms with E-state index in [1.165, 1.54) is 0 Å². The van der Waals surface area contributed by atoms with Crippen molar-refractivity contribution in [3.05, 3.63) is 6.92 Å². The third-order valence-electron chi connectivity index (χ3n) is 0.659. The fraction of sp³-hybridized carbons (Fsp3) is 0.800. The fourth-order valence-electron chi connectivity index (χ4n) is 0.322. The van der Waals surface area contributed by atoms with E-state index in [0.29, 0.717) is 6.04 Å². The molecule has 0 rings (SSSR count). The van der Waals surface area contributed by atoms with Gasteiger partial charge in [0.1, 0.15) is 0 Å². The standard InChI is InChI=1S/C5H12N/c1-3-4-5(2)6/h5H,1,3-4,6H2,2H3. The van der Waals surface area contributed by atoms with E-state index in [9.17, 15) is 0 Å². The van der Waals surface area contributed by atoms with Crippen molar-refractivity contribution in [3.63, 3.8) is 0 Å². The van der Waals surface area contributed by atoms with Crippen LogP contribution < -0.4 is 5.73 Å². The van der Waals surface area contributed by atoms with Crippen LogP contribution in [0.15, 0.2) is 0 Å². The lowest BCUT2D eigenvalue weighted by molar-refractivity contribution is 0.675. The van der Waals surface area contributed by atoms with Gasteiger partial charge in [-0.05, 0) is 13.3 Å². The molecule has 0 saturated heterocycles. The first-order valence-corrected chi connectivity index (χ1v) is 2.32. The average molecular weight is 86.2 g/mol. The molecule has 0 heterocycles. The van der Waals surface area contributed by atoms with Crippen molar-refractivity contribution in [1.29, 1.82) is 0 Å². The minimum atomic E-state index is 0.336. The Balaban J connectivity index is 2.63. The summed E-state index contributed by atoms with van der Waals surface area (Å²) in [4.78, 5) is 0. The molecule has 37 valence electrons. The Bertz CT molecular complexity index is 25.1. The maximum atomic E-state index is 5.36. The van der Waals surface area contributed by atoms with Gasteiger partial charge >= 0.3 is 0 Å². The van der Waals surface area contributed by atoms with Crippen molar-refractivity contribution in [2.24, 2.45) is 5.73 Å². The van der Waals surface area contributed by atoms with Crippen LogP contribution in [-0.2, 0) is 0 Å². The lowest BCUT2D eigenvalue weighted by Gasteiger charge is -1.96. The Labute approximate surface area is 39.5 Å². The molecular weight excluding hydrogens is 74.1 g/mol. The molecule has 0 aromatic rings. The van der Waals surface area contributed by atoms with Gasteiger partial charge in [-0.3, -0.25) is 0 Å². The minimum absolute atomic E-state index is 0.336. The lowest BCUT2D eigenvalue weighted by Crippen LogP contribution is -2.13. The highest BCUT2D eigenvalue weighted by Gasteiger charge is 1.85. The van der Waals surface area contributed by atoms with E-state index in [0.717, 1.165) is 12.8 Å². The monoisotopic (exact) mass is 86.1 g/mol. The fourth-order valence-corrected chi connectivity index (χ4v) is 0.322. The van der Waals surface area contributed by atoms with Crippen LogP contribution in [0.5, 0.6) is 0 Å². The summed E-state index contributed by atoms with van der Waals surface area (Å²) in [5.74, 6) is 0. The molecule has 1 heteroatoms. The summed E-state index contributed by atoms with van der Waals surface area (Å²) in [5, 5.41) is 0. The summed E-state index contributed by atoms with van der Waals surface area (Å²) >= 11 is 0. The molecule has 0 bridgehead atoms. The van der Waals surface area contributed by atoms with Crippen molar-refractivity contribution >= 4 is 0 Å². The number of rotatable bonds is 2. The van der Waals surface area contributed by atoms with E-state index in [1.807, 2.05) is 6.92 Å². The Hall–Kier alpha value is -0.0400. The third-order valence-corrected chi connectivity index (χ3v) is 0.659. The van der Waals surface area contributed by atoms with Crippen LogP contribution in [0.2, 0.25) is 0 Å². The highest BCUT2D eigenvalue weighted by molar-refractivity contribution is 4.52. The molecule has 1 radical (unpaired) electrons. The predicted octanol–water partition coefficient (Wildman–Crippen LogP) is 0.948. The molecule has 1 nitrogen and oxygen atoms in total. The Morgan fingerprint density at radius 1 is 1.83 bits per heavy atom. The summed E-state index contributed by atoms with van der Waals surface area (Å²) < 4.78 is 0. The molecule has 0 saturated carbocycles. The summed E-state index contributed by atoms with van der Waals surface area (Å²) in [7, 11) is 0. The second-order valence-corrected chi connectivity index (χ2v) is 1.62. The van der Waals surface area contributed by atoms with E-state index in [4.69, 9.17) is 5.73 Å². The number of nitrogens with two attached hydrogens (primary N) is 1. The summed E-state index contributed by atoms with van der Waals surface area (Å²) in [5.41, 5.74) is 5.36. The first kappa shape index (κ1) is 5.96. The molecular formula is C5H12N. The van der Waals surface area contributed by atoms with Gasteiger partial charge in [0, 0.05) is 6.04 Å². The van der Waals surface area contributed by atoms with Crippen LogP contribution in [0, 0.1) is 6.92 Å². The van der Waals surface area contributed by atoms with Crippen molar-refractivity contribution < 1.29 is 0 Å². The van der Waals surface area contributed by atoms with Gasteiger partial charge in [-0.2, -0.15) is 0 Å². The summed E-state index contributed by atoms with van der Waals surface area (Å²) in [6.07, 6.45) is 2.00. The van der Waals surface area contributed by atoms with Crippen LogP contribution in [0.3, 0.4) is 0 Å². The van der Waals surface area contributed by atoms with Gasteiger partial charge in [0.25, 0.3) is 0 Å². The van der Waals surface area contributed by atoms with Gasteiger partial charge in [0.05, 0.1) is 0 Å². The predicted molar refractivity (Wildman–Crippen MR) is 28.2 cm³/mol. The van der Waals surface area contributed by atoms with Crippen molar-refractivity contribution in [2.75, 3.05) is 0 Å².